The van der Waals surface area contributed by atoms with Gasteiger partial charge in [0.05, 0.1) is 35.9 Å². The van der Waals surface area contributed by atoms with E-state index in [-0.39, 0.29) is 16.7 Å². The molecule has 2 aromatic carbocycles. The Hall–Kier alpha value is -4.32. The fourth-order valence-electron chi connectivity index (χ4n) is 4.01. The first-order chi connectivity index (χ1) is 18.2. The summed E-state index contributed by atoms with van der Waals surface area (Å²) in [7, 11) is -0.788. The zero-order chi connectivity index (χ0) is 27.1. The Labute approximate surface area is 219 Å². The van der Waals surface area contributed by atoms with E-state index in [1.54, 1.807) is 46.3 Å². The summed E-state index contributed by atoms with van der Waals surface area (Å²) >= 11 is 0. The van der Waals surface area contributed by atoms with Crippen LogP contribution < -0.4 is 19.5 Å². The molecule has 12 heteroatoms. The molecule has 0 unspecified atom stereocenters. The summed E-state index contributed by atoms with van der Waals surface area (Å²) in [6, 6.07) is 13.0. The van der Waals surface area contributed by atoms with Crippen LogP contribution in [0.2, 0.25) is 0 Å². The van der Waals surface area contributed by atoms with Gasteiger partial charge in [0.2, 0.25) is 11.8 Å². The number of amides is 1. The molecule has 1 aliphatic carbocycles. The molecule has 2 heterocycles. The highest BCUT2D eigenvalue weighted by Gasteiger charge is 2.54. The van der Waals surface area contributed by atoms with Crippen LogP contribution in [0.1, 0.15) is 29.8 Å². The zero-order valence-corrected chi connectivity index (χ0v) is 22.0. The van der Waals surface area contributed by atoms with Crippen molar-refractivity contribution in [2.24, 2.45) is 0 Å². The Bertz CT molecular complexity index is 1600. The van der Waals surface area contributed by atoms with Crippen molar-refractivity contribution in [1.29, 1.82) is 0 Å². The van der Waals surface area contributed by atoms with E-state index in [0.717, 1.165) is 5.56 Å². The number of hydrogen-bond donors (Lipinski definition) is 2. The first-order valence-electron chi connectivity index (χ1n) is 11.7. The summed E-state index contributed by atoms with van der Waals surface area (Å²) in [5.41, 5.74) is 2.11. The number of aryl methyl sites for hydroxylation is 1. The van der Waals surface area contributed by atoms with Crippen LogP contribution in [0.15, 0.2) is 62.5 Å². The molecule has 198 valence electrons. The van der Waals surface area contributed by atoms with Gasteiger partial charge in [-0.15, -0.1) is 0 Å². The van der Waals surface area contributed by atoms with Crippen LogP contribution in [0.5, 0.6) is 11.5 Å². The summed E-state index contributed by atoms with van der Waals surface area (Å²) < 4.78 is 49.1. The van der Waals surface area contributed by atoms with Gasteiger partial charge in [0, 0.05) is 22.9 Å². The fraction of sp³-hybridized carbons (Fsp3) is 0.269. The van der Waals surface area contributed by atoms with E-state index in [1.165, 1.54) is 24.3 Å². The second-order valence-electron chi connectivity index (χ2n) is 9.03. The Morgan fingerprint density at radius 2 is 1.66 bits per heavy atom. The lowest BCUT2D eigenvalue weighted by molar-refractivity contribution is -0.118. The second-order valence-corrected chi connectivity index (χ2v) is 10.7. The number of hydrogen-bond acceptors (Lipinski definition) is 9. The van der Waals surface area contributed by atoms with Crippen LogP contribution in [0.4, 0.5) is 11.6 Å². The van der Waals surface area contributed by atoms with Gasteiger partial charge >= 0.3 is 0 Å². The van der Waals surface area contributed by atoms with E-state index in [4.69, 9.17) is 18.5 Å². The molecule has 38 heavy (non-hydrogen) atoms. The van der Waals surface area contributed by atoms with Gasteiger partial charge in [0.15, 0.2) is 17.3 Å². The van der Waals surface area contributed by atoms with Gasteiger partial charge in [-0.1, -0.05) is 10.3 Å². The van der Waals surface area contributed by atoms with Gasteiger partial charge in [-0.2, -0.15) is 0 Å². The third-order valence-electron chi connectivity index (χ3n) is 6.66. The fourth-order valence-corrected chi connectivity index (χ4v) is 5.06. The summed E-state index contributed by atoms with van der Waals surface area (Å²) in [5.74, 6) is 1.46. The minimum Gasteiger partial charge on any atom is -0.493 e. The maximum atomic E-state index is 13.2. The molecule has 0 radical (unpaired) electrons. The topological polar surface area (TPSA) is 146 Å². The lowest BCUT2D eigenvalue weighted by Gasteiger charge is -2.13. The second kappa shape index (κ2) is 9.53. The molecule has 0 aliphatic heterocycles. The number of anilines is 2. The molecule has 11 nitrogen and oxygen atoms in total. The predicted octanol–water partition coefficient (Wildman–Crippen LogP) is 4.43. The lowest BCUT2D eigenvalue weighted by Crippen LogP contribution is -2.28. The highest BCUT2D eigenvalue weighted by molar-refractivity contribution is 7.92. The van der Waals surface area contributed by atoms with Crippen LogP contribution >= 0.6 is 0 Å². The van der Waals surface area contributed by atoms with Gasteiger partial charge in [0.25, 0.3) is 10.0 Å². The van der Waals surface area contributed by atoms with Gasteiger partial charge < -0.3 is 23.8 Å². The van der Waals surface area contributed by atoms with E-state index in [2.05, 4.69) is 20.4 Å². The number of nitrogens with one attached hydrogen (secondary N) is 2. The minimum atomic E-state index is -3.90. The Morgan fingerprint density at radius 3 is 2.26 bits per heavy atom. The van der Waals surface area contributed by atoms with Crippen molar-refractivity contribution in [3.63, 3.8) is 0 Å². The van der Waals surface area contributed by atoms with Crippen molar-refractivity contribution in [3.05, 3.63) is 65.5 Å². The molecule has 0 saturated heterocycles. The van der Waals surface area contributed by atoms with Crippen LogP contribution in [0.3, 0.4) is 0 Å². The number of rotatable bonds is 9. The summed E-state index contributed by atoms with van der Waals surface area (Å²) in [6.45, 7) is 3.43. The summed E-state index contributed by atoms with van der Waals surface area (Å²) in [6.07, 6.45) is 1.23. The summed E-state index contributed by atoms with van der Waals surface area (Å²) in [4.78, 5) is 13.2. The van der Waals surface area contributed by atoms with Gasteiger partial charge in [0.1, 0.15) is 0 Å². The molecule has 0 bridgehead atoms. The molecule has 4 aromatic rings. The number of carbonyl (C=O) groups is 1. The SMILES string of the molecule is COc1ccc(-c2cc(C3(C(=O)Nc4ccc(S(=O)(=O)Nc5onc(C)c5C)cc4)CC3)no2)cc1OC. The normalized spacial score (nSPS) is 14.1. The van der Waals surface area contributed by atoms with Crippen molar-refractivity contribution in [2.75, 3.05) is 24.3 Å². The minimum absolute atomic E-state index is 0.0150. The molecular formula is C26H26N4O7S. The van der Waals surface area contributed by atoms with E-state index in [1.807, 2.05) is 6.07 Å². The van der Waals surface area contributed by atoms with Crippen LogP contribution in [0, 0.1) is 13.8 Å². The maximum absolute atomic E-state index is 13.2. The lowest BCUT2D eigenvalue weighted by atomic mass is 10.00. The Morgan fingerprint density at radius 1 is 0.947 bits per heavy atom. The molecule has 1 aliphatic rings. The average molecular weight is 539 g/mol. The van der Waals surface area contributed by atoms with E-state index >= 15 is 0 Å². The van der Waals surface area contributed by atoms with Gasteiger partial charge in [-0.3, -0.25) is 4.79 Å². The standard InChI is InChI=1S/C26H26N4O7S/c1-15-16(2)28-37-24(15)30-38(32,33)19-8-6-18(7-9-19)27-25(31)26(11-12-26)23-14-21(36-29-23)17-5-10-20(34-3)22(13-17)35-4/h5-10,13-14,30H,11-12H2,1-4H3,(H,27,31). The predicted molar refractivity (Wildman–Crippen MR) is 138 cm³/mol. The largest absolute Gasteiger partial charge is 0.493 e. The van der Waals surface area contributed by atoms with Gasteiger partial charge in [-0.25, -0.2) is 13.1 Å². The number of sulfonamides is 1. The molecule has 1 saturated carbocycles. The molecule has 2 N–H and O–H groups in total. The van der Waals surface area contributed by atoms with Crippen molar-refractivity contribution in [1.82, 2.24) is 10.3 Å². The van der Waals surface area contributed by atoms with Crippen molar-refractivity contribution < 1.29 is 31.7 Å². The maximum Gasteiger partial charge on any atom is 0.264 e. The number of nitrogens with zero attached hydrogens (tertiary/aromatic N) is 2. The molecule has 1 fully saturated rings. The summed E-state index contributed by atoms with van der Waals surface area (Å²) in [5, 5.41) is 10.8. The van der Waals surface area contributed by atoms with Crippen LogP contribution in [0.25, 0.3) is 11.3 Å². The number of ether oxygens (including phenoxy) is 2. The van der Waals surface area contributed by atoms with E-state index in [0.29, 0.717) is 52.7 Å². The molecule has 5 rings (SSSR count). The van der Waals surface area contributed by atoms with Crippen LogP contribution in [-0.2, 0) is 20.2 Å². The smallest absolute Gasteiger partial charge is 0.264 e. The first-order valence-corrected chi connectivity index (χ1v) is 13.2. The molecule has 0 spiro atoms. The Kier molecular flexibility index (Phi) is 6.35. The van der Waals surface area contributed by atoms with E-state index in [9.17, 15) is 13.2 Å². The van der Waals surface area contributed by atoms with Gasteiger partial charge in [-0.05, 0) is 69.2 Å². The molecule has 2 aromatic heterocycles. The monoisotopic (exact) mass is 538 g/mol. The number of benzene rings is 2. The Balaban J connectivity index is 1.29. The third-order valence-corrected chi connectivity index (χ3v) is 8.01. The number of aromatic nitrogens is 2. The first kappa shape index (κ1) is 25.3. The molecule has 1 amide bonds. The van der Waals surface area contributed by atoms with E-state index < -0.39 is 15.4 Å². The average Bonchev–Trinajstić information content (AvgIpc) is 3.48. The molecular weight excluding hydrogens is 512 g/mol. The highest BCUT2D eigenvalue weighted by Crippen LogP contribution is 2.49. The zero-order valence-electron chi connectivity index (χ0n) is 21.2. The van der Waals surface area contributed by atoms with Crippen molar-refractivity contribution >= 4 is 27.5 Å². The number of methoxy groups -OCH3 is 2. The molecule has 0 atom stereocenters. The van der Waals surface area contributed by atoms with Crippen molar-refractivity contribution in [3.8, 4) is 22.8 Å². The van der Waals surface area contributed by atoms with Crippen LogP contribution in [-0.4, -0.2) is 38.9 Å². The highest BCUT2D eigenvalue weighted by atomic mass is 32.2. The van der Waals surface area contributed by atoms with Crippen molar-refractivity contribution in [2.45, 2.75) is 37.0 Å². The number of carbonyl (C=O) groups excluding carboxylic acids is 1. The third kappa shape index (κ3) is 4.58. The quantitative estimate of drug-likeness (QED) is 0.316.